The number of amides is 1. The zero-order valence-corrected chi connectivity index (χ0v) is 16.1. The Bertz CT molecular complexity index is 955. The van der Waals surface area contributed by atoms with Crippen LogP contribution < -0.4 is 5.32 Å². The number of anilines is 1. The molecule has 0 aliphatic heterocycles. The van der Waals surface area contributed by atoms with E-state index in [1.165, 1.54) is 30.3 Å². The molecule has 0 atom stereocenters. The van der Waals surface area contributed by atoms with Crippen molar-refractivity contribution >= 4 is 27.3 Å². The lowest BCUT2D eigenvalue weighted by Gasteiger charge is -2.20. The fourth-order valence-electron chi connectivity index (χ4n) is 2.43. The number of nitro groups is 1. The zero-order chi connectivity index (χ0) is 20.2. The van der Waals surface area contributed by atoms with Gasteiger partial charge in [0.05, 0.1) is 22.1 Å². The maximum absolute atomic E-state index is 12.7. The van der Waals surface area contributed by atoms with Crippen molar-refractivity contribution in [3.63, 3.8) is 0 Å². The molecule has 0 saturated carbocycles. The minimum atomic E-state index is -3.82. The summed E-state index contributed by atoms with van der Waals surface area (Å²) >= 11 is 0. The predicted molar refractivity (Wildman–Crippen MR) is 102 cm³/mol. The maximum atomic E-state index is 12.7. The highest BCUT2D eigenvalue weighted by molar-refractivity contribution is 7.89. The summed E-state index contributed by atoms with van der Waals surface area (Å²) in [6.45, 7) is 4.90. The van der Waals surface area contributed by atoms with Crippen molar-refractivity contribution in [2.75, 3.05) is 18.4 Å². The topological polar surface area (TPSA) is 110 Å². The average Bonchev–Trinajstić information content (AvgIpc) is 2.61. The van der Waals surface area contributed by atoms with E-state index >= 15 is 0 Å². The van der Waals surface area contributed by atoms with Crippen molar-refractivity contribution in [3.8, 4) is 0 Å². The van der Waals surface area contributed by atoms with Gasteiger partial charge in [0.15, 0.2) is 0 Å². The predicted octanol–water partition coefficient (Wildman–Crippen LogP) is 2.86. The van der Waals surface area contributed by atoms with E-state index in [9.17, 15) is 23.3 Å². The fraction of sp³-hybridized carbons (Fsp3) is 0.278. The van der Waals surface area contributed by atoms with E-state index in [2.05, 4.69) is 5.32 Å². The number of non-ortho nitro benzene ring substituents is 1. The van der Waals surface area contributed by atoms with Crippen LogP contribution in [0.15, 0.2) is 47.4 Å². The number of carbonyl (C=O) groups excluding carboxylic acids is 1. The number of carbonyl (C=O) groups is 1. The second kappa shape index (κ2) is 8.28. The van der Waals surface area contributed by atoms with Crippen LogP contribution in [0.1, 0.15) is 18.1 Å². The number of hydrogen-bond donors (Lipinski definition) is 1. The largest absolute Gasteiger partial charge is 0.324 e. The molecule has 9 heteroatoms. The summed E-state index contributed by atoms with van der Waals surface area (Å²) in [5.74, 6) is -0.573. The first kappa shape index (κ1) is 20.5. The van der Waals surface area contributed by atoms with Gasteiger partial charge >= 0.3 is 0 Å². The summed E-state index contributed by atoms with van der Waals surface area (Å²) in [7, 11) is -3.82. The monoisotopic (exact) mass is 391 g/mol. The number of likely N-dealkylation sites (N-methyl/N-ethyl adjacent to an activating group) is 1. The minimum absolute atomic E-state index is 0.106. The SMILES string of the molecule is CCN(CC(=O)Nc1cc([N+](=O)[O-])ccc1C)S(=O)(=O)c1ccc(C)cc1. The first-order valence-electron chi connectivity index (χ1n) is 8.27. The summed E-state index contributed by atoms with van der Waals surface area (Å²) < 4.78 is 26.5. The van der Waals surface area contributed by atoms with Gasteiger partial charge in [0.25, 0.3) is 5.69 Å². The van der Waals surface area contributed by atoms with Crippen molar-refractivity contribution in [1.29, 1.82) is 0 Å². The van der Waals surface area contributed by atoms with Gasteiger partial charge in [-0.2, -0.15) is 4.31 Å². The molecule has 0 radical (unpaired) electrons. The summed E-state index contributed by atoms with van der Waals surface area (Å²) in [6, 6.07) is 10.5. The lowest BCUT2D eigenvalue weighted by molar-refractivity contribution is -0.384. The van der Waals surface area contributed by atoms with Crippen LogP contribution in [0.5, 0.6) is 0 Å². The van der Waals surface area contributed by atoms with Gasteiger partial charge < -0.3 is 5.32 Å². The first-order valence-corrected chi connectivity index (χ1v) is 9.71. The highest BCUT2D eigenvalue weighted by Gasteiger charge is 2.25. The van der Waals surface area contributed by atoms with Gasteiger partial charge in [0, 0.05) is 18.7 Å². The number of benzene rings is 2. The number of nitrogens with one attached hydrogen (secondary N) is 1. The molecule has 1 N–H and O–H groups in total. The Hall–Kier alpha value is -2.78. The smallest absolute Gasteiger partial charge is 0.271 e. The van der Waals surface area contributed by atoms with Crippen LogP contribution in [0.2, 0.25) is 0 Å². The Morgan fingerprint density at radius 2 is 1.78 bits per heavy atom. The Kier molecular flexibility index (Phi) is 6.29. The molecular weight excluding hydrogens is 370 g/mol. The van der Waals surface area contributed by atoms with E-state index in [1.54, 1.807) is 26.0 Å². The van der Waals surface area contributed by atoms with E-state index in [4.69, 9.17) is 0 Å². The molecular formula is C18H21N3O5S. The average molecular weight is 391 g/mol. The van der Waals surface area contributed by atoms with Crippen LogP contribution in [0, 0.1) is 24.0 Å². The lowest BCUT2D eigenvalue weighted by Crippen LogP contribution is -2.37. The van der Waals surface area contributed by atoms with Crippen molar-refractivity contribution in [2.45, 2.75) is 25.7 Å². The molecule has 0 bridgehead atoms. The van der Waals surface area contributed by atoms with Crippen molar-refractivity contribution < 1.29 is 18.1 Å². The number of hydrogen-bond acceptors (Lipinski definition) is 5. The molecule has 8 nitrogen and oxygen atoms in total. The number of nitrogens with zero attached hydrogens (tertiary/aromatic N) is 2. The van der Waals surface area contributed by atoms with E-state index in [-0.39, 0.29) is 22.8 Å². The molecule has 0 aliphatic rings. The standard InChI is InChI=1S/C18H21N3O5S/c1-4-20(27(25,26)16-9-5-13(2)6-10-16)12-18(22)19-17-11-15(21(23)24)8-7-14(17)3/h5-11H,4,12H2,1-3H3,(H,19,22). The van der Waals surface area contributed by atoms with Gasteiger partial charge in [-0.1, -0.05) is 30.7 Å². The Labute approximate surface area is 158 Å². The third-order valence-electron chi connectivity index (χ3n) is 4.04. The van der Waals surface area contributed by atoms with Crippen LogP contribution >= 0.6 is 0 Å². The quantitative estimate of drug-likeness (QED) is 0.576. The number of rotatable bonds is 7. The first-order chi connectivity index (χ1) is 12.6. The van der Waals surface area contributed by atoms with Crippen LogP contribution in [-0.4, -0.2) is 36.6 Å². The number of nitro benzene ring substituents is 1. The fourth-order valence-corrected chi connectivity index (χ4v) is 3.84. The van der Waals surface area contributed by atoms with Gasteiger partial charge in [0.1, 0.15) is 0 Å². The van der Waals surface area contributed by atoms with E-state index in [0.29, 0.717) is 5.56 Å². The summed E-state index contributed by atoms with van der Waals surface area (Å²) in [5.41, 5.74) is 1.68. The molecule has 0 saturated heterocycles. The molecule has 0 aromatic heterocycles. The van der Waals surface area contributed by atoms with Crippen LogP contribution in [0.25, 0.3) is 0 Å². The third kappa shape index (κ3) is 4.89. The lowest BCUT2D eigenvalue weighted by atomic mass is 10.2. The van der Waals surface area contributed by atoms with Gasteiger partial charge in [-0.05, 0) is 31.5 Å². The molecule has 0 aliphatic carbocycles. The van der Waals surface area contributed by atoms with Crippen molar-refractivity contribution in [1.82, 2.24) is 4.31 Å². The summed E-state index contributed by atoms with van der Waals surface area (Å²) in [6.07, 6.45) is 0. The van der Waals surface area contributed by atoms with Crippen molar-refractivity contribution in [3.05, 3.63) is 63.7 Å². The minimum Gasteiger partial charge on any atom is -0.324 e. The zero-order valence-electron chi connectivity index (χ0n) is 15.3. The molecule has 27 heavy (non-hydrogen) atoms. The molecule has 0 fully saturated rings. The molecule has 0 unspecified atom stereocenters. The molecule has 0 heterocycles. The van der Waals surface area contributed by atoms with Gasteiger partial charge in [0.2, 0.25) is 15.9 Å². The highest BCUT2D eigenvalue weighted by Crippen LogP contribution is 2.22. The van der Waals surface area contributed by atoms with Gasteiger partial charge in [-0.25, -0.2) is 8.42 Å². The molecule has 2 aromatic rings. The maximum Gasteiger partial charge on any atom is 0.271 e. The van der Waals surface area contributed by atoms with E-state index < -0.39 is 27.4 Å². The second-order valence-corrected chi connectivity index (χ2v) is 7.99. The highest BCUT2D eigenvalue weighted by atomic mass is 32.2. The van der Waals surface area contributed by atoms with E-state index in [0.717, 1.165) is 9.87 Å². The van der Waals surface area contributed by atoms with Gasteiger partial charge in [-0.3, -0.25) is 14.9 Å². The molecule has 2 rings (SSSR count). The number of sulfonamides is 1. The summed E-state index contributed by atoms with van der Waals surface area (Å²) in [4.78, 5) is 22.8. The second-order valence-electron chi connectivity index (χ2n) is 6.05. The third-order valence-corrected chi connectivity index (χ3v) is 5.97. The van der Waals surface area contributed by atoms with E-state index in [1.807, 2.05) is 6.92 Å². The van der Waals surface area contributed by atoms with Crippen LogP contribution in [0.3, 0.4) is 0 Å². The molecule has 1 amide bonds. The Morgan fingerprint density at radius 3 is 2.33 bits per heavy atom. The molecule has 2 aromatic carbocycles. The van der Waals surface area contributed by atoms with Crippen molar-refractivity contribution in [2.24, 2.45) is 0 Å². The molecule has 144 valence electrons. The Balaban J connectivity index is 2.19. The summed E-state index contributed by atoms with van der Waals surface area (Å²) in [5, 5.41) is 13.4. The molecule has 0 spiro atoms. The van der Waals surface area contributed by atoms with Crippen LogP contribution in [-0.2, 0) is 14.8 Å². The van der Waals surface area contributed by atoms with Gasteiger partial charge in [-0.15, -0.1) is 0 Å². The number of aryl methyl sites for hydroxylation is 2. The Morgan fingerprint density at radius 1 is 1.15 bits per heavy atom. The normalized spacial score (nSPS) is 11.4. The van der Waals surface area contributed by atoms with Crippen LogP contribution in [0.4, 0.5) is 11.4 Å².